The minimum Gasteiger partial charge on any atom is -0.324 e. The van der Waals surface area contributed by atoms with Crippen LogP contribution in [0.1, 0.15) is 24.0 Å². The standard InChI is InChI=1S/C20H24N4/c1-14-9-18-19(10-15(14)2)24(13-16-5-3-7-21-11-16)20(23-18)17-6-4-8-22-12-17/h4,6,8-10,12,16,21H,3,5,7,11,13H2,1-2H3. The van der Waals surface area contributed by atoms with Crippen molar-refractivity contribution in [1.29, 1.82) is 0 Å². The molecule has 1 aliphatic heterocycles. The third-order valence-electron chi connectivity index (χ3n) is 5.12. The molecular formula is C20H24N4. The predicted molar refractivity (Wildman–Crippen MR) is 98.0 cm³/mol. The molecule has 1 saturated heterocycles. The molecule has 0 radical (unpaired) electrons. The van der Waals surface area contributed by atoms with E-state index in [0.29, 0.717) is 5.92 Å². The summed E-state index contributed by atoms with van der Waals surface area (Å²) in [6.45, 7) is 7.59. The molecule has 1 unspecified atom stereocenters. The highest BCUT2D eigenvalue weighted by atomic mass is 15.1. The van der Waals surface area contributed by atoms with Gasteiger partial charge in [0.05, 0.1) is 11.0 Å². The molecule has 3 aromatic rings. The van der Waals surface area contributed by atoms with Gasteiger partial charge in [0.25, 0.3) is 0 Å². The van der Waals surface area contributed by atoms with Gasteiger partial charge in [-0.1, -0.05) is 0 Å². The number of aromatic nitrogens is 3. The first-order chi connectivity index (χ1) is 11.7. The average molecular weight is 320 g/mol. The highest BCUT2D eigenvalue weighted by Gasteiger charge is 2.19. The number of benzene rings is 1. The Morgan fingerprint density at radius 3 is 2.88 bits per heavy atom. The Morgan fingerprint density at radius 1 is 1.25 bits per heavy atom. The Morgan fingerprint density at radius 2 is 2.12 bits per heavy atom. The summed E-state index contributed by atoms with van der Waals surface area (Å²) in [6, 6.07) is 8.58. The summed E-state index contributed by atoms with van der Waals surface area (Å²) in [5, 5.41) is 3.53. The quantitative estimate of drug-likeness (QED) is 0.800. The van der Waals surface area contributed by atoms with Gasteiger partial charge in [-0.25, -0.2) is 4.98 Å². The molecule has 1 N–H and O–H groups in total. The first-order valence-corrected chi connectivity index (χ1v) is 8.81. The third kappa shape index (κ3) is 2.82. The molecule has 1 fully saturated rings. The number of aryl methyl sites for hydroxylation is 2. The smallest absolute Gasteiger partial charge is 0.142 e. The number of fused-ring (bicyclic) bond motifs is 1. The molecule has 0 spiro atoms. The second kappa shape index (κ2) is 6.36. The van der Waals surface area contributed by atoms with Crippen molar-refractivity contribution in [2.75, 3.05) is 13.1 Å². The van der Waals surface area contributed by atoms with Crippen LogP contribution < -0.4 is 5.32 Å². The van der Waals surface area contributed by atoms with Gasteiger partial charge in [0.15, 0.2) is 0 Å². The van der Waals surface area contributed by atoms with Gasteiger partial charge in [-0.3, -0.25) is 4.98 Å². The van der Waals surface area contributed by atoms with Gasteiger partial charge >= 0.3 is 0 Å². The first kappa shape index (κ1) is 15.3. The molecule has 4 heteroatoms. The van der Waals surface area contributed by atoms with Gasteiger partial charge in [0, 0.05) is 24.5 Å². The van der Waals surface area contributed by atoms with Crippen LogP contribution in [0.25, 0.3) is 22.4 Å². The van der Waals surface area contributed by atoms with Gasteiger partial charge in [-0.2, -0.15) is 0 Å². The molecule has 0 aliphatic carbocycles. The average Bonchev–Trinajstić information content (AvgIpc) is 2.95. The third-order valence-corrected chi connectivity index (χ3v) is 5.12. The maximum absolute atomic E-state index is 4.95. The van der Waals surface area contributed by atoms with Crippen LogP contribution >= 0.6 is 0 Å². The molecule has 0 bridgehead atoms. The zero-order valence-corrected chi connectivity index (χ0v) is 14.4. The summed E-state index contributed by atoms with van der Waals surface area (Å²) >= 11 is 0. The topological polar surface area (TPSA) is 42.7 Å². The van der Waals surface area contributed by atoms with Crippen molar-refractivity contribution in [2.45, 2.75) is 33.2 Å². The van der Waals surface area contributed by atoms with Crippen LogP contribution in [0, 0.1) is 19.8 Å². The van der Waals surface area contributed by atoms with E-state index < -0.39 is 0 Å². The van der Waals surface area contributed by atoms with Crippen molar-refractivity contribution in [2.24, 2.45) is 5.92 Å². The molecule has 124 valence electrons. The minimum atomic E-state index is 0.660. The lowest BCUT2D eigenvalue weighted by atomic mass is 9.99. The lowest BCUT2D eigenvalue weighted by Gasteiger charge is -2.24. The van der Waals surface area contributed by atoms with E-state index in [-0.39, 0.29) is 0 Å². The Bertz CT molecular complexity index is 845. The van der Waals surface area contributed by atoms with Crippen LogP contribution in [0.5, 0.6) is 0 Å². The molecule has 1 aliphatic rings. The minimum absolute atomic E-state index is 0.660. The SMILES string of the molecule is Cc1cc2nc(-c3cccnc3)n(CC3CCCNC3)c2cc1C. The van der Waals surface area contributed by atoms with Gasteiger partial charge in [0.2, 0.25) is 0 Å². The maximum atomic E-state index is 4.95. The first-order valence-electron chi connectivity index (χ1n) is 8.81. The number of nitrogens with one attached hydrogen (secondary N) is 1. The van der Waals surface area contributed by atoms with Gasteiger partial charge < -0.3 is 9.88 Å². The summed E-state index contributed by atoms with van der Waals surface area (Å²) < 4.78 is 2.40. The number of hydrogen-bond acceptors (Lipinski definition) is 3. The van der Waals surface area contributed by atoms with Crippen LogP contribution in [0.2, 0.25) is 0 Å². The van der Waals surface area contributed by atoms with Crippen molar-refractivity contribution in [3.05, 3.63) is 47.8 Å². The number of imidazole rings is 1. The molecule has 0 amide bonds. The molecule has 3 heterocycles. The summed E-state index contributed by atoms with van der Waals surface area (Å²) in [7, 11) is 0. The lowest BCUT2D eigenvalue weighted by molar-refractivity contribution is 0.341. The zero-order chi connectivity index (χ0) is 16.5. The Labute approximate surface area is 142 Å². The van der Waals surface area contributed by atoms with Crippen LogP contribution in [0.4, 0.5) is 0 Å². The number of rotatable bonds is 3. The molecule has 1 aromatic carbocycles. The lowest BCUT2D eigenvalue weighted by Crippen LogP contribution is -2.32. The van der Waals surface area contributed by atoms with E-state index in [1.54, 1.807) is 0 Å². The monoisotopic (exact) mass is 320 g/mol. The van der Waals surface area contributed by atoms with E-state index in [1.807, 2.05) is 18.5 Å². The number of pyridine rings is 1. The van der Waals surface area contributed by atoms with E-state index >= 15 is 0 Å². The fraction of sp³-hybridized carbons (Fsp3) is 0.400. The summed E-state index contributed by atoms with van der Waals surface area (Å²) in [4.78, 5) is 9.24. The second-order valence-corrected chi connectivity index (χ2v) is 6.93. The number of hydrogen-bond donors (Lipinski definition) is 1. The fourth-order valence-corrected chi connectivity index (χ4v) is 3.62. The van der Waals surface area contributed by atoms with Crippen LogP contribution in [-0.2, 0) is 6.54 Å². The van der Waals surface area contributed by atoms with Gasteiger partial charge in [0.1, 0.15) is 5.82 Å². The van der Waals surface area contributed by atoms with E-state index in [2.05, 4.69) is 46.9 Å². The Hall–Kier alpha value is -2.20. The summed E-state index contributed by atoms with van der Waals surface area (Å²) in [6.07, 6.45) is 6.27. The van der Waals surface area contributed by atoms with E-state index in [0.717, 1.165) is 36.5 Å². The number of nitrogens with zero attached hydrogens (tertiary/aromatic N) is 3. The van der Waals surface area contributed by atoms with Crippen LogP contribution in [0.3, 0.4) is 0 Å². The van der Waals surface area contributed by atoms with Crippen molar-refractivity contribution in [1.82, 2.24) is 19.9 Å². The highest BCUT2D eigenvalue weighted by Crippen LogP contribution is 2.28. The molecule has 4 nitrogen and oxygen atoms in total. The van der Waals surface area contributed by atoms with E-state index in [9.17, 15) is 0 Å². The Kier molecular flexibility index (Phi) is 4.07. The number of piperidine rings is 1. The predicted octanol–water partition coefficient (Wildman–Crippen LogP) is 3.71. The van der Waals surface area contributed by atoms with Crippen LogP contribution in [-0.4, -0.2) is 27.6 Å². The van der Waals surface area contributed by atoms with Crippen molar-refractivity contribution >= 4 is 11.0 Å². The molecule has 1 atom stereocenters. The van der Waals surface area contributed by atoms with Crippen molar-refractivity contribution in [3.8, 4) is 11.4 Å². The fourth-order valence-electron chi connectivity index (χ4n) is 3.62. The van der Waals surface area contributed by atoms with Crippen LogP contribution in [0.15, 0.2) is 36.7 Å². The molecule has 24 heavy (non-hydrogen) atoms. The largest absolute Gasteiger partial charge is 0.324 e. The Balaban J connectivity index is 1.85. The maximum Gasteiger partial charge on any atom is 0.142 e. The molecular weight excluding hydrogens is 296 g/mol. The van der Waals surface area contributed by atoms with Crippen molar-refractivity contribution < 1.29 is 0 Å². The summed E-state index contributed by atoms with van der Waals surface area (Å²) in [5.74, 6) is 1.70. The molecule has 2 aromatic heterocycles. The zero-order valence-electron chi connectivity index (χ0n) is 14.4. The summed E-state index contributed by atoms with van der Waals surface area (Å²) in [5.41, 5.74) is 6.03. The van der Waals surface area contributed by atoms with Gasteiger partial charge in [-0.05, 0) is 81.1 Å². The van der Waals surface area contributed by atoms with Crippen molar-refractivity contribution in [3.63, 3.8) is 0 Å². The molecule has 0 saturated carbocycles. The highest BCUT2D eigenvalue weighted by molar-refractivity contribution is 5.82. The normalized spacial score (nSPS) is 18.2. The molecule has 4 rings (SSSR count). The van der Waals surface area contributed by atoms with E-state index in [4.69, 9.17) is 4.98 Å². The van der Waals surface area contributed by atoms with E-state index in [1.165, 1.54) is 29.5 Å². The van der Waals surface area contributed by atoms with Gasteiger partial charge in [-0.15, -0.1) is 0 Å². The second-order valence-electron chi connectivity index (χ2n) is 6.93.